The molecule has 2 atom stereocenters. The van der Waals surface area contributed by atoms with Crippen molar-refractivity contribution in [3.8, 4) is 0 Å². The van der Waals surface area contributed by atoms with Crippen LogP contribution in [-0.4, -0.2) is 44.1 Å². The van der Waals surface area contributed by atoms with Gasteiger partial charge in [-0.3, -0.25) is 9.79 Å². The average molecular weight is 502 g/mol. The summed E-state index contributed by atoms with van der Waals surface area (Å²) >= 11 is 0. The van der Waals surface area contributed by atoms with Gasteiger partial charge in [0.1, 0.15) is 0 Å². The van der Waals surface area contributed by atoms with E-state index in [0.717, 1.165) is 31.6 Å². The van der Waals surface area contributed by atoms with Crippen molar-refractivity contribution < 1.29 is 9.53 Å². The van der Waals surface area contributed by atoms with E-state index in [0.29, 0.717) is 19.8 Å². The summed E-state index contributed by atoms with van der Waals surface area (Å²) < 4.78 is 5.69. The Kier molecular flexibility index (Phi) is 12.1. The lowest BCUT2D eigenvalue weighted by Gasteiger charge is -2.30. The third-order valence-electron chi connectivity index (χ3n) is 4.69. The highest BCUT2D eigenvalue weighted by molar-refractivity contribution is 14.0. The average Bonchev–Trinajstić information content (AvgIpc) is 2.67. The Bertz CT molecular complexity index is 595. The first kappa shape index (κ1) is 24.7. The predicted molar refractivity (Wildman–Crippen MR) is 125 cm³/mol. The molecule has 7 heteroatoms. The number of hydrogen-bond donors (Lipinski definition) is 3. The summed E-state index contributed by atoms with van der Waals surface area (Å²) in [6.45, 7) is 5.92. The number of carbonyl (C=O) groups excluding carboxylic acids is 1. The molecule has 1 fully saturated rings. The minimum atomic E-state index is 0. The Morgan fingerprint density at radius 2 is 2.00 bits per heavy atom. The lowest BCUT2D eigenvalue weighted by atomic mass is 9.85. The molecule has 1 aromatic carbocycles. The van der Waals surface area contributed by atoms with E-state index < -0.39 is 0 Å². The van der Waals surface area contributed by atoms with Gasteiger partial charge in [0.2, 0.25) is 5.91 Å². The van der Waals surface area contributed by atoms with Crippen LogP contribution in [0.25, 0.3) is 0 Å². The zero-order valence-corrected chi connectivity index (χ0v) is 19.6. The molecule has 1 aliphatic rings. The fraction of sp³-hybridized carbons (Fsp3) is 0.619. The van der Waals surface area contributed by atoms with Crippen molar-refractivity contribution in [1.29, 1.82) is 0 Å². The van der Waals surface area contributed by atoms with E-state index in [1.807, 2.05) is 32.0 Å². The second kappa shape index (κ2) is 13.8. The van der Waals surface area contributed by atoms with E-state index in [1.165, 1.54) is 5.56 Å². The first-order chi connectivity index (χ1) is 13.1. The molecule has 1 aromatic rings. The highest BCUT2D eigenvalue weighted by Gasteiger charge is 2.27. The molecule has 0 aromatic heterocycles. The van der Waals surface area contributed by atoms with Crippen molar-refractivity contribution in [3.05, 3.63) is 35.9 Å². The molecule has 2 rings (SSSR count). The monoisotopic (exact) mass is 502 g/mol. The minimum Gasteiger partial charge on any atom is -0.375 e. The van der Waals surface area contributed by atoms with Gasteiger partial charge in [0.05, 0.1) is 13.2 Å². The SMILES string of the molecule is CN=C(NCCOCc1ccccc1)NC1CCCC(C(=O)NC(C)C)C1.I. The summed E-state index contributed by atoms with van der Waals surface area (Å²) in [7, 11) is 1.77. The predicted octanol–water partition coefficient (Wildman–Crippen LogP) is 3.07. The summed E-state index contributed by atoms with van der Waals surface area (Å²) in [4.78, 5) is 16.6. The van der Waals surface area contributed by atoms with Crippen molar-refractivity contribution in [2.45, 2.75) is 58.2 Å². The lowest BCUT2D eigenvalue weighted by molar-refractivity contribution is -0.126. The quantitative estimate of drug-likeness (QED) is 0.221. The van der Waals surface area contributed by atoms with E-state index in [9.17, 15) is 4.79 Å². The number of aliphatic imine (C=N–C) groups is 1. The molecule has 0 heterocycles. The molecule has 0 radical (unpaired) electrons. The Balaban J connectivity index is 0.00000392. The summed E-state index contributed by atoms with van der Waals surface area (Å²) in [6.07, 6.45) is 3.95. The maximum Gasteiger partial charge on any atom is 0.223 e. The van der Waals surface area contributed by atoms with Gasteiger partial charge >= 0.3 is 0 Å². The van der Waals surface area contributed by atoms with Crippen LogP contribution < -0.4 is 16.0 Å². The molecule has 1 saturated carbocycles. The van der Waals surface area contributed by atoms with Crippen LogP contribution in [0.3, 0.4) is 0 Å². The molecule has 3 N–H and O–H groups in total. The maximum absolute atomic E-state index is 12.3. The third-order valence-corrected chi connectivity index (χ3v) is 4.69. The summed E-state index contributed by atoms with van der Waals surface area (Å²) in [6, 6.07) is 10.6. The number of ether oxygens (including phenoxy) is 1. The second-order valence-corrected chi connectivity index (χ2v) is 7.41. The topological polar surface area (TPSA) is 74.8 Å². The van der Waals surface area contributed by atoms with Gasteiger partial charge in [-0.25, -0.2) is 0 Å². The lowest BCUT2D eigenvalue weighted by Crippen LogP contribution is -2.48. The zero-order chi connectivity index (χ0) is 19.5. The van der Waals surface area contributed by atoms with Gasteiger partial charge in [-0.1, -0.05) is 36.8 Å². The number of nitrogens with one attached hydrogen (secondary N) is 3. The second-order valence-electron chi connectivity index (χ2n) is 7.41. The fourth-order valence-corrected chi connectivity index (χ4v) is 3.36. The number of amides is 1. The Hall–Kier alpha value is -1.35. The van der Waals surface area contributed by atoms with Crippen LogP contribution in [0.15, 0.2) is 35.3 Å². The molecule has 0 saturated heterocycles. The van der Waals surface area contributed by atoms with Crippen LogP contribution >= 0.6 is 24.0 Å². The van der Waals surface area contributed by atoms with E-state index >= 15 is 0 Å². The number of guanidine groups is 1. The molecule has 0 spiro atoms. The Labute approximate surface area is 186 Å². The summed E-state index contributed by atoms with van der Waals surface area (Å²) in [5, 5.41) is 9.78. The standard InChI is InChI=1S/C21H34N4O2.HI/c1-16(2)24-20(26)18-10-7-11-19(14-18)25-21(22-3)23-12-13-27-15-17-8-5-4-6-9-17;/h4-6,8-9,16,18-19H,7,10-15H2,1-3H3,(H,24,26)(H2,22,23,25);1H. The van der Waals surface area contributed by atoms with Crippen LogP contribution in [-0.2, 0) is 16.1 Å². The number of halogens is 1. The Morgan fingerprint density at radius 3 is 2.68 bits per heavy atom. The molecular weight excluding hydrogens is 467 g/mol. The van der Waals surface area contributed by atoms with Crippen LogP contribution in [0.1, 0.15) is 45.1 Å². The largest absolute Gasteiger partial charge is 0.375 e. The van der Waals surface area contributed by atoms with Gasteiger partial charge in [0.25, 0.3) is 0 Å². The van der Waals surface area contributed by atoms with Gasteiger partial charge in [-0.05, 0) is 38.7 Å². The zero-order valence-electron chi connectivity index (χ0n) is 17.2. The molecule has 28 heavy (non-hydrogen) atoms. The van der Waals surface area contributed by atoms with Crippen molar-refractivity contribution in [2.24, 2.45) is 10.9 Å². The molecular formula is C21H35IN4O2. The van der Waals surface area contributed by atoms with Crippen molar-refractivity contribution in [3.63, 3.8) is 0 Å². The number of benzene rings is 1. The molecule has 2 unspecified atom stereocenters. The smallest absolute Gasteiger partial charge is 0.223 e. The van der Waals surface area contributed by atoms with Crippen molar-refractivity contribution in [2.75, 3.05) is 20.2 Å². The van der Waals surface area contributed by atoms with E-state index in [4.69, 9.17) is 4.74 Å². The molecule has 0 aliphatic heterocycles. The molecule has 6 nitrogen and oxygen atoms in total. The normalized spacial score (nSPS) is 19.6. The van der Waals surface area contributed by atoms with E-state index in [1.54, 1.807) is 7.05 Å². The van der Waals surface area contributed by atoms with Gasteiger partial charge in [0.15, 0.2) is 5.96 Å². The number of carbonyl (C=O) groups is 1. The van der Waals surface area contributed by atoms with Crippen LogP contribution in [0, 0.1) is 5.92 Å². The molecule has 1 aliphatic carbocycles. The van der Waals surface area contributed by atoms with Crippen molar-refractivity contribution >= 4 is 35.8 Å². The third kappa shape index (κ3) is 9.23. The first-order valence-electron chi connectivity index (χ1n) is 9.97. The van der Waals surface area contributed by atoms with Gasteiger partial charge in [0, 0.05) is 31.6 Å². The summed E-state index contributed by atoms with van der Waals surface area (Å²) in [5.41, 5.74) is 1.17. The number of rotatable bonds is 8. The fourth-order valence-electron chi connectivity index (χ4n) is 3.36. The van der Waals surface area contributed by atoms with Crippen LogP contribution in [0.5, 0.6) is 0 Å². The minimum absolute atomic E-state index is 0. The highest BCUT2D eigenvalue weighted by atomic mass is 127. The van der Waals surface area contributed by atoms with E-state index in [-0.39, 0.29) is 47.9 Å². The number of nitrogens with zero attached hydrogens (tertiary/aromatic N) is 1. The first-order valence-corrected chi connectivity index (χ1v) is 9.97. The van der Waals surface area contributed by atoms with Crippen LogP contribution in [0.2, 0.25) is 0 Å². The van der Waals surface area contributed by atoms with Crippen molar-refractivity contribution in [1.82, 2.24) is 16.0 Å². The molecule has 0 bridgehead atoms. The van der Waals surface area contributed by atoms with Gasteiger partial charge < -0.3 is 20.7 Å². The summed E-state index contributed by atoms with van der Waals surface area (Å²) in [5.74, 6) is 1.04. The van der Waals surface area contributed by atoms with E-state index in [2.05, 4.69) is 33.1 Å². The maximum atomic E-state index is 12.3. The number of hydrogen-bond acceptors (Lipinski definition) is 3. The molecule has 158 valence electrons. The highest BCUT2D eigenvalue weighted by Crippen LogP contribution is 2.24. The van der Waals surface area contributed by atoms with Crippen LogP contribution in [0.4, 0.5) is 0 Å². The molecule has 1 amide bonds. The van der Waals surface area contributed by atoms with Gasteiger partial charge in [-0.15, -0.1) is 24.0 Å². The van der Waals surface area contributed by atoms with Gasteiger partial charge in [-0.2, -0.15) is 0 Å². The Morgan fingerprint density at radius 1 is 1.25 bits per heavy atom.